The minimum atomic E-state index is -1.23. The number of nitrogens with zero attached hydrogens (tertiary/aromatic N) is 5. The van der Waals surface area contributed by atoms with E-state index in [2.05, 4.69) is 15.0 Å². The van der Waals surface area contributed by atoms with Crippen molar-refractivity contribution in [1.82, 2.24) is 19.1 Å². The van der Waals surface area contributed by atoms with Crippen molar-refractivity contribution in [2.24, 2.45) is 4.99 Å². The lowest BCUT2D eigenvalue weighted by molar-refractivity contribution is -0.0511. The van der Waals surface area contributed by atoms with Gasteiger partial charge in [0.15, 0.2) is 22.9 Å². The summed E-state index contributed by atoms with van der Waals surface area (Å²) in [5, 5.41) is 39.2. The number of aliphatic hydroxyl groups is 3. The molecule has 1 saturated heterocycles. The van der Waals surface area contributed by atoms with E-state index in [-0.39, 0.29) is 11.8 Å². The second-order valence-electron chi connectivity index (χ2n) is 7.25. The Labute approximate surface area is 166 Å². The van der Waals surface area contributed by atoms with Gasteiger partial charge in [0.05, 0.1) is 24.9 Å². The van der Waals surface area contributed by atoms with Gasteiger partial charge in [-0.2, -0.15) is 0 Å². The van der Waals surface area contributed by atoms with Crippen molar-refractivity contribution in [3.63, 3.8) is 0 Å². The highest BCUT2D eigenvalue weighted by atomic mass is 16.6. The van der Waals surface area contributed by atoms with Crippen LogP contribution in [0.1, 0.15) is 26.1 Å². The quantitative estimate of drug-likeness (QED) is 0.495. The van der Waals surface area contributed by atoms with Gasteiger partial charge in [0, 0.05) is 6.04 Å². The number of benzene rings is 1. The van der Waals surface area contributed by atoms with Crippen LogP contribution in [0.5, 0.6) is 5.75 Å². The first-order chi connectivity index (χ1) is 13.9. The van der Waals surface area contributed by atoms with Gasteiger partial charge in [-0.25, -0.2) is 15.0 Å². The van der Waals surface area contributed by atoms with Crippen molar-refractivity contribution in [3.05, 3.63) is 42.4 Å². The lowest BCUT2D eigenvalue weighted by Crippen LogP contribution is -2.33. The zero-order valence-corrected chi connectivity index (χ0v) is 16.0. The van der Waals surface area contributed by atoms with Crippen molar-refractivity contribution >= 4 is 16.9 Å². The highest BCUT2D eigenvalue weighted by Crippen LogP contribution is 2.30. The van der Waals surface area contributed by atoms with Gasteiger partial charge in [-0.15, -0.1) is 0 Å². The van der Waals surface area contributed by atoms with E-state index in [0.29, 0.717) is 22.3 Å². The Balaban J connectivity index is 1.87. The maximum atomic E-state index is 10.3. The van der Waals surface area contributed by atoms with E-state index in [1.807, 2.05) is 18.4 Å². The van der Waals surface area contributed by atoms with Gasteiger partial charge in [0.2, 0.25) is 0 Å². The zero-order valence-electron chi connectivity index (χ0n) is 16.0. The Hall–Kier alpha value is -2.79. The van der Waals surface area contributed by atoms with Crippen LogP contribution in [0.25, 0.3) is 11.2 Å². The number of hydrogen-bond acceptors (Lipinski definition) is 8. The molecule has 0 unspecified atom stereocenters. The summed E-state index contributed by atoms with van der Waals surface area (Å²) in [4.78, 5) is 13.6. The van der Waals surface area contributed by atoms with Crippen molar-refractivity contribution < 1.29 is 25.2 Å². The molecule has 2 aromatic heterocycles. The SMILES string of the molecule is CC(C)n1cnc2c(ncn2[C@@H]2O[C@H](CO)[C@@H](O)[C@H]2O)c1=Nc1ccc(O)cc1. The molecule has 154 valence electrons. The summed E-state index contributed by atoms with van der Waals surface area (Å²) in [5.41, 5.74) is 2.11. The third kappa shape index (κ3) is 3.40. The summed E-state index contributed by atoms with van der Waals surface area (Å²) in [7, 11) is 0. The minimum Gasteiger partial charge on any atom is -0.508 e. The lowest BCUT2D eigenvalue weighted by atomic mass is 10.1. The largest absolute Gasteiger partial charge is 0.508 e. The third-order valence-corrected chi connectivity index (χ3v) is 4.96. The molecule has 10 nitrogen and oxygen atoms in total. The van der Waals surface area contributed by atoms with Crippen LogP contribution in [-0.4, -0.2) is 64.4 Å². The van der Waals surface area contributed by atoms with Crippen LogP contribution in [-0.2, 0) is 4.74 Å². The molecule has 0 amide bonds. The fraction of sp³-hybridized carbons (Fsp3) is 0.421. The molecule has 3 aromatic rings. The molecular formula is C19H23N5O5. The number of rotatable bonds is 4. The molecule has 4 rings (SSSR count). The number of fused-ring (bicyclic) bond motifs is 1. The van der Waals surface area contributed by atoms with Crippen molar-refractivity contribution in [2.75, 3.05) is 6.61 Å². The number of aromatic hydroxyl groups is 1. The molecule has 10 heteroatoms. The molecule has 0 bridgehead atoms. The van der Waals surface area contributed by atoms with Gasteiger partial charge in [-0.1, -0.05) is 0 Å². The van der Waals surface area contributed by atoms with E-state index in [1.165, 1.54) is 10.9 Å². The highest BCUT2D eigenvalue weighted by Gasteiger charge is 2.44. The molecule has 0 radical (unpaired) electrons. The van der Waals surface area contributed by atoms with Gasteiger partial charge < -0.3 is 29.7 Å². The van der Waals surface area contributed by atoms with E-state index in [9.17, 15) is 20.4 Å². The third-order valence-electron chi connectivity index (χ3n) is 4.96. The van der Waals surface area contributed by atoms with E-state index in [4.69, 9.17) is 4.74 Å². The maximum absolute atomic E-state index is 10.3. The summed E-state index contributed by atoms with van der Waals surface area (Å²) < 4.78 is 9.00. The molecular weight excluding hydrogens is 378 g/mol. The molecule has 1 aromatic carbocycles. The second kappa shape index (κ2) is 7.56. The van der Waals surface area contributed by atoms with Gasteiger partial charge in [0.1, 0.15) is 24.1 Å². The van der Waals surface area contributed by atoms with Gasteiger partial charge in [0.25, 0.3) is 0 Å². The molecule has 1 fully saturated rings. The molecule has 1 aliphatic heterocycles. The van der Waals surface area contributed by atoms with Gasteiger partial charge in [-0.05, 0) is 38.1 Å². The van der Waals surface area contributed by atoms with E-state index in [1.54, 1.807) is 30.6 Å². The topological polar surface area (TPSA) is 138 Å². The van der Waals surface area contributed by atoms with E-state index >= 15 is 0 Å². The second-order valence-corrected chi connectivity index (χ2v) is 7.25. The predicted molar refractivity (Wildman–Crippen MR) is 102 cm³/mol. The summed E-state index contributed by atoms with van der Waals surface area (Å²) in [6.45, 7) is 3.57. The Morgan fingerprint density at radius 3 is 2.45 bits per heavy atom. The van der Waals surface area contributed by atoms with Gasteiger partial charge >= 0.3 is 0 Å². The fourth-order valence-corrected chi connectivity index (χ4v) is 3.37. The van der Waals surface area contributed by atoms with Crippen molar-refractivity contribution in [1.29, 1.82) is 0 Å². The van der Waals surface area contributed by atoms with E-state index in [0.717, 1.165) is 0 Å². The molecule has 29 heavy (non-hydrogen) atoms. The number of phenolic OH excluding ortho intramolecular Hbond substituents is 1. The van der Waals surface area contributed by atoms with Crippen LogP contribution in [0, 0.1) is 0 Å². The van der Waals surface area contributed by atoms with E-state index < -0.39 is 31.1 Å². The molecule has 3 heterocycles. The molecule has 0 aliphatic carbocycles. The molecule has 0 saturated carbocycles. The van der Waals surface area contributed by atoms with Crippen LogP contribution in [0.15, 0.2) is 41.9 Å². The monoisotopic (exact) mass is 401 g/mol. The molecule has 4 N–H and O–H groups in total. The summed E-state index contributed by atoms with van der Waals surface area (Å²) in [5.74, 6) is 0.147. The Kier molecular flexibility index (Phi) is 5.09. The number of ether oxygens (including phenoxy) is 1. The molecule has 4 atom stereocenters. The fourth-order valence-electron chi connectivity index (χ4n) is 3.37. The highest BCUT2D eigenvalue weighted by molar-refractivity contribution is 5.69. The Morgan fingerprint density at radius 1 is 1.10 bits per heavy atom. The number of phenols is 1. The standard InChI is InChI=1S/C19H23N5O5/c1-10(2)23-9-21-17-14(18(23)22-11-3-5-12(26)6-4-11)20-8-24(17)19-16(28)15(27)13(7-25)29-19/h3-6,8-10,13,15-16,19,25-28H,7H2,1-2H3/t13-,15-,16-,19-/m1/s1. The van der Waals surface area contributed by atoms with Crippen LogP contribution in [0.3, 0.4) is 0 Å². The van der Waals surface area contributed by atoms with Crippen molar-refractivity contribution in [2.45, 2.75) is 44.4 Å². The number of aromatic nitrogens is 4. The predicted octanol–water partition coefficient (Wildman–Crippen LogP) is 0.363. The first-order valence-electron chi connectivity index (χ1n) is 9.30. The lowest BCUT2D eigenvalue weighted by Gasteiger charge is -2.17. The number of hydrogen-bond donors (Lipinski definition) is 4. The maximum Gasteiger partial charge on any atom is 0.167 e. The average Bonchev–Trinajstić information content (AvgIpc) is 3.25. The Morgan fingerprint density at radius 2 is 1.83 bits per heavy atom. The summed E-state index contributed by atoms with van der Waals surface area (Å²) >= 11 is 0. The Bertz CT molecular complexity index is 1070. The van der Waals surface area contributed by atoms with Crippen LogP contribution in [0.4, 0.5) is 5.69 Å². The minimum absolute atomic E-state index is 0.0572. The first kappa shape index (κ1) is 19.5. The van der Waals surface area contributed by atoms with Crippen LogP contribution in [0.2, 0.25) is 0 Å². The van der Waals surface area contributed by atoms with Crippen molar-refractivity contribution in [3.8, 4) is 5.75 Å². The van der Waals surface area contributed by atoms with Gasteiger partial charge in [-0.3, -0.25) is 4.57 Å². The first-order valence-corrected chi connectivity index (χ1v) is 9.30. The normalized spacial score (nSPS) is 25.4. The smallest absolute Gasteiger partial charge is 0.167 e. The number of aliphatic hydroxyl groups excluding tert-OH is 3. The average molecular weight is 401 g/mol. The molecule has 0 spiro atoms. The summed E-state index contributed by atoms with van der Waals surface area (Å²) in [6.07, 6.45) is -1.17. The van der Waals surface area contributed by atoms with Crippen LogP contribution >= 0.6 is 0 Å². The zero-order chi connectivity index (χ0) is 20.7. The number of imidazole rings is 1. The van der Waals surface area contributed by atoms with Crippen LogP contribution < -0.4 is 5.49 Å². The summed E-state index contributed by atoms with van der Waals surface area (Å²) in [6, 6.07) is 6.54. The molecule has 1 aliphatic rings.